The standard InChI is InChI=1S/C23H27N3O2/c27-21-9-6-16-26(21)20-12-10-18(11-13-20)17-24-22(19-7-2-1-3-8-19)23(28)25-14-4-5-15-25/h1-3,7-8,10-13,22,24H,4-6,9,14-17H2/t22-/m0/s1. The van der Waals surface area contributed by atoms with Gasteiger partial charge in [-0.25, -0.2) is 0 Å². The Labute approximate surface area is 166 Å². The highest BCUT2D eigenvalue weighted by atomic mass is 16.2. The number of benzene rings is 2. The van der Waals surface area contributed by atoms with Gasteiger partial charge in [-0.05, 0) is 42.5 Å². The third-order valence-corrected chi connectivity index (χ3v) is 5.63. The van der Waals surface area contributed by atoms with Crippen LogP contribution in [0.25, 0.3) is 0 Å². The van der Waals surface area contributed by atoms with E-state index in [0.29, 0.717) is 13.0 Å². The Bertz CT molecular complexity index is 814. The molecule has 2 aromatic rings. The largest absolute Gasteiger partial charge is 0.341 e. The SMILES string of the molecule is O=C([C@@H](NCc1ccc(N2CCCC2=O)cc1)c1ccccc1)N1CCCC1. The number of carbonyl (C=O) groups excluding carboxylic acids is 2. The fourth-order valence-corrected chi connectivity index (χ4v) is 4.05. The van der Waals surface area contributed by atoms with E-state index >= 15 is 0 Å². The average Bonchev–Trinajstić information content (AvgIpc) is 3.41. The topological polar surface area (TPSA) is 52.7 Å². The molecular weight excluding hydrogens is 350 g/mol. The van der Waals surface area contributed by atoms with Crippen molar-refractivity contribution in [2.24, 2.45) is 0 Å². The van der Waals surface area contributed by atoms with Crippen molar-refractivity contribution in [3.8, 4) is 0 Å². The maximum Gasteiger partial charge on any atom is 0.244 e. The molecule has 0 aromatic heterocycles. The first-order valence-electron chi connectivity index (χ1n) is 10.2. The minimum Gasteiger partial charge on any atom is -0.341 e. The Balaban J connectivity index is 1.45. The molecule has 0 unspecified atom stereocenters. The molecule has 0 radical (unpaired) electrons. The summed E-state index contributed by atoms with van der Waals surface area (Å²) in [5.74, 6) is 0.356. The number of hydrogen-bond donors (Lipinski definition) is 1. The second-order valence-corrected chi connectivity index (χ2v) is 7.57. The van der Waals surface area contributed by atoms with Crippen LogP contribution in [0.4, 0.5) is 5.69 Å². The zero-order valence-corrected chi connectivity index (χ0v) is 16.1. The zero-order chi connectivity index (χ0) is 19.3. The molecule has 2 aromatic carbocycles. The fraction of sp³-hybridized carbons (Fsp3) is 0.391. The van der Waals surface area contributed by atoms with Crippen molar-refractivity contribution in [3.63, 3.8) is 0 Å². The molecule has 2 saturated heterocycles. The van der Waals surface area contributed by atoms with E-state index in [1.807, 2.05) is 64.4 Å². The molecule has 5 heteroatoms. The summed E-state index contributed by atoms with van der Waals surface area (Å²) in [6.07, 6.45) is 3.74. The van der Waals surface area contributed by atoms with E-state index in [1.165, 1.54) is 0 Å². The number of amides is 2. The predicted molar refractivity (Wildman–Crippen MR) is 110 cm³/mol. The van der Waals surface area contributed by atoms with E-state index < -0.39 is 0 Å². The van der Waals surface area contributed by atoms with Crippen molar-refractivity contribution < 1.29 is 9.59 Å². The lowest BCUT2D eigenvalue weighted by molar-refractivity contribution is -0.132. The van der Waals surface area contributed by atoms with E-state index in [-0.39, 0.29) is 17.9 Å². The smallest absolute Gasteiger partial charge is 0.244 e. The van der Waals surface area contributed by atoms with Gasteiger partial charge in [-0.1, -0.05) is 42.5 Å². The highest BCUT2D eigenvalue weighted by molar-refractivity contribution is 5.95. The number of nitrogens with one attached hydrogen (secondary N) is 1. The molecule has 0 aliphatic carbocycles. The number of nitrogens with zero attached hydrogens (tertiary/aromatic N) is 2. The quantitative estimate of drug-likeness (QED) is 0.841. The van der Waals surface area contributed by atoms with Gasteiger partial charge in [0.05, 0.1) is 0 Å². The second-order valence-electron chi connectivity index (χ2n) is 7.57. The predicted octanol–water partition coefficient (Wildman–Crippen LogP) is 3.27. The Kier molecular flexibility index (Phi) is 5.72. The van der Waals surface area contributed by atoms with Gasteiger partial charge < -0.3 is 9.80 Å². The lowest BCUT2D eigenvalue weighted by Crippen LogP contribution is -2.39. The van der Waals surface area contributed by atoms with Crippen LogP contribution in [0, 0.1) is 0 Å². The van der Waals surface area contributed by atoms with Gasteiger partial charge in [0.15, 0.2) is 0 Å². The highest BCUT2D eigenvalue weighted by Crippen LogP contribution is 2.23. The Morgan fingerprint density at radius 2 is 1.64 bits per heavy atom. The molecule has 2 aliphatic heterocycles. The highest BCUT2D eigenvalue weighted by Gasteiger charge is 2.27. The van der Waals surface area contributed by atoms with E-state index in [2.05, 4.69) is 5.32 Å². The first kappa shape index (κ1) is 18.7. The summed E-state index contributed by atoms with van der Waals surface area (Å²) in [5, 5.41) is 3.46. The third-order valence-electron chi connectivity index (χ3n) is 5.63. The van der Waals surface area contributed by atoms with Gasteiger partial charge in [0, 0.05) is 38.3 Å². The molecular formula is C23H27N3O2. The average molecular weight is 377 g/mol. The number of carbonyl (C=O) groups is 2. The van der Waals surface area contributed by atoms with Crippen LogP contribution in [0.2, 0.25) is 0 Å². The van der Waals surface area contributed by atoms with E-state index in [1.54, 1.807) is 0 Å². The summed E-state index contributed by atoms with van der Waals surface area (Å²) in [4.78, 5) is 28.8. The first-order valence-corrected chi connectivity index (χ1v) is 10.2. The maximum absolute atomic E-state index is 13.1. The molecule has 0 spiro atoms. The zero-order valence-electron chi connectivity index (χ0n) is 16.1. The van der Waals surface area contributed by atoms with E-state index in [4.69, 9.17) is 0 Å². The van der Waals surface area contributed by atoms with Gasteiger partial charge in [0.2, 0.25) is 11.8 Å². The van der Waals surface area contributed by atoms with Crippen molar-refractivity contribution in [2.45, 2.75) is 38.3 Å². The van der Waals surface area contributed by atoms with Crippen LogP contribution in [0.3, 0.4) is 0 Å². The van der Waals surface area contributed by atoms with Crippen molar-refractivity contribution >= 4 is 17.5 Å². The summed E-state index contributed by atoms with van der Waals surface area (Å²) < 4.78 is 0. The molecule has 5 nitrogen and oxygen atoms in total. The number of likely N-dealkylation sites (tertiary alicyclic amines) is 1. The van der Waals surface area contributed by atoms with Gasteiger partial charge in [0.25, 0.3) is 0 Å². The molecule has 1 N–H and O–H groups in total. The van der Waals surface area contributed by atoms with Crippen LogP contribution in [0.1, 0.15) is 42.9 Å². The van der Waals surface area contributed by atoms with Crippen molar-refractivity contribution in [2.75, 3.05) is 24.5 Å². The van der Waals surface area contributed by atoms with Gasteiger partial charge in [-0.2, -0.15) is 0 Å². The van der Waals surface area contributed by atoms with Crippen LogP contribution < -0.4 is 10.2 Å². The molecule has 2 aliphatic rings. The summed E-state index contributed by atoms with van der Waals surface area (Å²) in [5.41, 5.74) is 3.06. The Morgan fingerprint density at radius 1 is 0.929 bits per heavy atom. The number of rotatable bonds is 6. The summed E-state index contributed by atoms with van der Waals surface area (Å²) in [6.45, 7) is 3.11. The van der Waals surface area contributed by atoms with E-state index in [9.17, 15) is 9.59 Å². The lowest BCUT2D eigenvalue weighted by atomic mass is 10.0. The molecule has 0 bridgehead atoms. The minimum absolute atomic E-state index is 0.156. The molecule has 0 saturated carbocycles. The minimum atomic E-state index is -0.334. The van der Waals surface area contributed by atoms with Gasteiger partial charge in [-0.15, -0.1) is 0 Å². The van der Waals surface area contributed by atoms with Crippen LogP contribution in [0.5, 0.6) is 0 Å². The van der Waals surface area contributed by atoms with Gasteiger partial charge >= 0.3 is 0 Å². The Hall–Kier alpha value is -2.66. The van der Waals surface area contributed by atoms with E-state index in [0.717, 1.165) is 55.7 Å². The summed E-state index contributed by atoms with van der Waals surface area (Å²) >= 11 is 0. The van der Waals surface area contributed by atoms with Gasteiger partial charge in [-0.3, -0.25) is 14.9 Å². The van der Waals surface area contributed by atoms with Crippen molar-refractivity contribution in [1.82, 2.24) is 10.2 Å². The van der Waals surface area contributed by atoms with Crippen LogP contribution in [0.15, 0.2) is 54.6 Å². The Morgan fingerprint density at radius 3 is 2.29 bits per heavy atom. The molecule has 146 valence electrons. The molecule has 1 atom stereocenters. The third kappa shape index (κ3) is 4.09. The molecule has 2 heterocycles. The van der Waals surface area contributed by atoms with Crippen LogP contribution >= 0.6 is 0 Å². The summed E-state index contributed by atoms with van der Waals surface area (Å²) in [6, 6.07) is 17.7. The number of anilines is 1. The summed E-state index contributed by atoms with van der Waals surface area (Å²) in [7, 11) is 0. The second kappa shape index (κ2) is 8.57. The lowest BCUT2D eigenvalue weighted by Gasteiger charge is -2.24. The first-order chi connectivity index (χ1) is 13.7. The van der Waals surface area contributed by atoms with Gasteiger partial charge in [0.1, 0.15) is 6.04 Å². The molecule has 28 heavy (non-hydrogen) atoms. The monoisotopic (exact) mass is 377 g/mol. The maximum atomic E-state index is 13.1. The normalized spacial score (nSPS) is 17.9. The van der Waals surface area contributed by atoms with Crippen LogP contribution in [-0.2, 0) is 16.1 Å². The molecule has 2 amide bonds. The number of hydrogen-bond acceptors (Lipinski definition) is 3. The molecule has 2 fully saturated rings. The van der Waals surface area contributed by atoms with Crippen molar-refractivity contribution in [3.05, 3.63) is 65.7 Å². The molecule has 4 rings (SSSR count). The van der Waals surface area contributed by atoms with Crippen molar-refractivity contribution in [1.29, 1.82) is 0 Å². The fourth-order valence-electron chi connectivity index (χ4n) is 4.05. The van der Waals surface area contributed by atoms with Crippen LogP contribution in [-0.4, -0.2) is 36.3 Å².